The second kappa shape index (κ2) is 4.78. The Bertz CT molecular complexity index is 455. The van der Waals surface area contributed by atoms with Gasteiger partial charge in [-0.1, -0.05) is 13.8 Å². The third-order valence-electron chi connectivity index (χ3n) is 2.24. The van der Waals surface area contributed by atoms with Gasteiger partial charge >= 0.3 is 11.9 Å². The number of hydrogen-bond donors (Lipinski definition) is 2. The summed E-state index contributed by atoms with van der Waals surface area (Å²) in [5, 5.41) is 17.7. The highest BCUT2D eigenvalue weighted by Gasteiger charge is 2.17. The molecule has 0 fully saturated rings. The van der Waals surface area contributed by atoms with Gasteiger partial charge in [-0.2, -0.15) is 0 Å². The molecule has 2 N–H and O–H groups in total. The summed E-state index contributed by atoms with van der Waals surface area (Å²) >= 11 is 0. The lowest BCUT2D eigenvalue weighted by Gasteiger charge is -2.06. The first kappa shape index (κ1) is 12.9. The predicted molar refractivity (Wildman–Crippen MR) is 59.5 cm³/mol. The molecule has 1 rings (SSSR count). The first-order chi connectivity index (χ1) is 7.82. The number of ketones is 1. The van der Waals surface area contributed by atoms with Gasteiger partial charge in [0.2, 0.25) is 0 Å². The minimum absolute atomic E-state index is 0.109. The molecule has 0 aliphatic carbocycles. The minimum Gasteiger partial charge on any atom is -0.478 e. The maximum absolute atomic E-state index is 11.7. The second-order valence-corrected chi connectivity index (χ2v) is 3.93. The van der Waals surface area contributed by atoms with Gasteiger partial charge in [-0.05, 0) is 18.2 Å². The number of benzene rings is 1. The fourth-order valence-electron chi connectivity index (χ4n) is 1.35. The predicted octanol–water partition coefficient (Wildman–Crippen LogP) is 1.92. The van der Waals surface area contributed by atoms with Crippen LogP contribution in [0.25, 0.3) is 0 Å². The van der Waals surface area contributed by atoms with E-state index in [2.05, 4.69) is 0 Å². The van der Waals surface area contributed by atoms with Crippen molar-refractivity contribution in [3.63, 3.8) is 0 Å². The van der Waals surface area contributed by atoms with E-state index in [4.69, 9.17) is 10.2 Å². The number of carbonyl (C=O) groups is 3. The van der Waals surface area contributed by atoms with Crippen molar-refractivity contribution in [2.45, 2.75) is 13.8 Å². The monoisotopic (exact) mass is 236 g/mol. The molecule has 0 radical (unpaired) electrons. The second-order valence-electron chi connectivity index (χ2n) is 3.93. The summed E-state index contributed by atoms with van der Waals surface area (Å²) in [4.78, 5) is 33.3. The summed E-state index contributed by atoms with van der Waals surface area (Å²) < 4.78 is 0. The van der Waals surface area contributed by atoms with Crippen LogP contribution in [0.15, 0.2) is 18.2 Å². The Morgan fingerprint density at radius 2 is 1.24 bits per heavy atom. The summed E-state index contributed by atoms with van der Waals surface area (Å²) in [7, 11) is 0. The van der Waals surface area contributed by atoms with Crippen molar-refractivity contribution in [3.8, 4) is 0 Å². The molecule has 0 bridgehead atoms. The van der Waals surface area contributed by atoms with Gasteiger partial charge < -0.3 is 10.2 Å². The molecule has 0 spiro atoms. The fourth-order valence-corrected chi connectivity index (χ4v) is 1.35. The normalized spacial score (nSPS) is 10.3. The molecule has 0 saturated carbocycles. The Morgan fingerprint density at radius 3 is 1.53 bits per heavy atom. The van der Waals surface area contributed by atoms with E-state index in [-0.39, 0.29) is 28.4 Å². The molecule has 0 aliphatic rings. The number of carbonyl (C=O) groups excluding carboxylic acids is 1. The number of rotatable bonds is 4. The number of hydrogen-bond acceptors (Lipinski definition) is 3. The van der Waals surface area contributed by atoms with Crippen LogP contribution in [0, 0.1) is 5.92 Å². The smallest absolute Gasteiger partial charge is 0.335 e. The molecule has 0 heterocycles. The van der Waals surface area contributed by atoms with Gasteiger partial charge in [0.25, 0.3) is 0 Å². The Kier molecular flexibility index (Phi) is 3.62. The van der Waals surface area contributed by atoms with E-state index in [9.17, 15) is 14.4 Å². The van der Waals surface area contributed by atoms with E-state index in [1.54, 1.807) is 13.8 Å². The van der Waals surface area contributed by atoms with E-state index in [1.807, 2.05) is 0 Å². The van der Waals surface area contributed by atoms with Crippen LogP contribution in [0.2, 0.25) is 0 Å². The van der Waals surface area contributed by atoms with Crippen molar-refractivity contribution in [1.82, 2.24) is 0 Å². The molecule has 17 heavy (non-hydrogen) atoms. The zero-order chi connectivity index (χ0) is 13.2. The van der Waals surface area contributed by atoms with Crippen LogP contribution in [0.4, 0.5) is 0 Å². The number of carboxylic acid groups (broad SMARTS) is 2. The molecule has 0 aromatic heterocycles. The molecule has 90 valence electrons. The highest BCUT2D eigenvalue weighted by Crippen LogP contribution is 2.15. The Labute approximate surface area is 97.7 Å². The lowest BCUT2D eigenvalue weighted by Crippen LogP contribution is -2.11. The highest BCUT2D eigenvalue weighted by atomic mass is 16.4. The van der Waals surface area contributed by atoms with Crippen LogP contribution < -0.4 is 0 Å². The molecule has 0 amide bonds. The van der Waals surface area contributed by atoms with E-state index < -0.39 is 11.9 Å². The van der Waals surface area contributed by atoms with Gasteiger partial charge in [0.1, 0.15) is 0 Å². The molecular weight excluding hydrogens is 224 g/mol. The van der Waals surface area contributed by atoms with Crippen LogP contribution in [0.5, 0.6) is 0 Å². The molecule has 0 unspecified atom stereocenters. The van der Waals surface area contributed by atoms with Crippen LogP contribution >= 0.6 is 0 Å². The molecule has 0 atom stereocenters. The molecule has 0 aliphatic heterocycles. The average Bonchev–Trinajstić information content (AvgIpc) is 2.27. The molecule has 5 heteroatoms. The van der Waals surface area contributed by atoms with E-state index in [0.717, 1.165) is 6.07 Å². The first-order valence-electron chi connectivity index (χ1n) is 4.99. The highest BCUT2D eigenvalue weighted by molar-refractivity contribution is 6.02. The van der Waals surface area contributed by atoms with Crippen molar-refractivity contribution in [2.75, 3.05) is 0 Å². The van der Waals surface area contributed by atoms with Gasteiger partial charge in [-0.25, -0.2) is 9.59 Å². The summed E-state index contributed by atoms with van der Waals surface area (Å²) in [5.41, 5.74) is -0.292. The van der Waals surface area contributed by atoms with Gasteiger partial charge in [0.15, 0.2) is 5.78 Å². The SMILES string of the molecule is CC(C)C(=O)c1cc(C(=O)O)cc(C(=O)O)c1. The number of carboxylic acids is 2. The van der Waals surface area contributed by atoms with Gasteiger partial charge in [-0.15, -0.1) is 0 Å². The zero-order valence-electron chi connectivity index (χ0n) is 9.43. The minimum atomic E-state index is -1.26. The Hall–Kier alpha value is -2.17. The fraction of sp³-hybridized carbons (Fsp3) is 0.250. The summed E-state index contributed by atoms with van der Waals surface area (Å²) in [6, 6.07) is 3.41. The molecule has 1 aromatic rings. The maximum Gasteiger partial charge on any atom is 0.335 e. The van der Waals surface area contributed by atoms with Crippen LogP contribution in [0.3, 0.4) is 0 Å². The maximum atomic E-state index is 11.7. The third-order valence-corrected chi connectivity index (χ3v) is 2.24. The van der Waals surface area contributed by atoms with E-state index in [0.29, 0.717) is 0 Å². The van der Waals surface area contributed by atoms with Crippen molar-refractivity contribution < 1.29 is 24.6 Å². The summed E-state index contributed by atoms with van der Waals surface area (Å²) in [6.07, 6.45) is 0. The summed E-state index contributed by atoms with van der Waals surface area (Å²) in [5.74, 6) is -3.12. The lowest BCUT2D eigenvalue weighted by atomic mass is 9.97. The van der Waals surface area contributed by atoms with Crippen molar-refractivity contribution in [3.05, 3.63) is 34.9 Å². The molecule has 0 saturated heterocycles. The van der Waals surface area contributed by atoms with Gasteiger partial charge in [0, 0.05) is 11.5 Å². The number of Topliss-reactive ketones (excluding diaryl/α,β-unsaturated/α-hetero) is 1. The molecular formula is C12H12O5. The molecule has 5 nitrogen and oxygen atoms in total. The number of aromatic carboxylic acids is 2. The van der Waals surface area contributed by atoms with Crippen LogP contribution in [0.1, 0.15) is 44.9 Å². The third kappa shape index (κ3) is 2.90. The lowest BCUT2D eigenvalue weighted by molar-refractivity contribution is 0.0696. The topological polar surface area (TPSA) is 91.7 Å². The van der Waals surface area contributed by atoms with Gasteiger partial charge in [0.05, 0.1) is 11.1 Å². The Balaban J connectivity index is 3.36. The van der Waals surface area contributed by atoms with Crippen molar-refractivity contribution in [2.24, 2.45) is 5.92 Å². The largest absolute Gasteiger partial charge is 0.478 e. The zero-order valence-corrected chi connectivity index (χ0v) is 9.43. The summed E-state index contributed by atoms with van der Waals surface area (Å²) in [6.45, 7) is 3.33. The average molecular weight is 236 g/mol. The first-order valence-corrected chi connectivity index (χ1v) is 4.99. The van der Waals surface area contributed by atoms with Gasteiger partial charge in [-0.3, -0.25) is 4.79 Å². The van der Waals surface area contributed by atoms with E-state index >= 15 is 0 Å². The van der Waals surface area contributed by atoms with Crippen molar-refractivity contribution in [1.29, 1.82) is 0 Å². The Morgan fingerprint density at radius 1 is 0.882 bits per heavy atom. The van der Waals surface area contributed by atoms with E-state index in [1.165, 1.54) is 12.1 Å². The van der Waals surface area contributed by atoms with Crippen molar-refractivity contribution >= 4 is 17.7 Å². The van der Waals surface area contributed by atoms with Crippen LogP contribution in [-0.2, 0) is 0 Å². The quantitative estimate of drug-likeness (QED) is 0.779. The standard InChI is InChI=1S/C12H12O5/c1-6(2)10(13)7-3-8(11(14)15)5-9(4-7)12(16)17/h3-6H,1-2H3,(H,14,15)(H,16,17). The van der Waals surface area contributed by atoms with Crippen LogP contribution in [-0.4, -0.2) is 27.9 Å². The molecule has 1 aromatic carbocycles.